The minimum Gasteiger partial charge on any atom is -0.424 e. The van der Waals surface area contributed by atoms with Gasteiger partial charge in [0.05, 0.1) is 6.54 Å². The number of thiophene rings is 1. The molecule has 5 heteroatoms. The highest BCUT2D eigenvalue weighted by Crippen LogP contribution is 2.21. The Balaban J connectivity index is 1.70. The molecule has 0 saturated carbocycles. The van der Waals surface area contributed by atoms with Crippen LogP contribution in [0.4, 0.5) is 0 Å². The van der Waals surface area contributed by atoms with Crippen LogP contribution >= 0.6 is 11.3 Å². The number of aryl methyl sites for hydroxylation is 1. The highest BCUT2D eigenvalue weighted by atomic mass is 32.1. The Morgan fingerprint density at radius 3 is 3.10 bits per heavy atom. The maximum Gasteiger partial charge on any atom is 0.230 e. The van der Waals surface area contributed by atoms with E-state index in [1.807, 2.05) is 6.92 Å². The second-order valence-corrected chi connectivity index (χ2v) is 6.46. The summed E-state index contributed by atoms with van der Waals surface area (Å²) in [5, 5.41) is 10.2. The molecular formula is C16H21N3OS. The van der Waals surface area contributed by atoms with Crippen LogP contribution in [0.15, 0.2) is 28.0 Å². The van der Waals surface area contributed by atoms with Crippen molar-refractivity contribution >= 4 is 17.4 Å². The third-order valence-electron chi connectivity index (χ3n) is 3.85. The molecule has 0 spiro atoms. The van der Waals surface area contributed by atoms with Crippen LogP contribution in [0.3, 0.4) is 0 Å². The average molecular weight is 303 g/mol. The molecule has 2 aromatic heterocycles. The van der Waals surface area contributed by atoms with Crippen molar-refractivity contribution in [3.05, 3.63) is 40.2 Å². The lowest BCUT2D eigenvalue weighted by molar-refractivity contribution is 0.203. The van der Waals surface area contributed by atoms with E-state index in [0.29, 0.717) is 11.9 Å². The largest absolute Gasteiger partial charge is 0.424 e. The summed E-state index contributed by atoms with van der Waals surface area (Å²) in [5.74, 6) is 1.37. The Kier molecular flexibility index (Phi) is 4.83. The molecule has 0 bridgehead atoms. The molecule has 0 N–H and O–H groups in total. The molecule has 1 atom stereocenters. The van der Waals surface area contributed by atoms with Crippen molar-refractivity contribution in [1.29, 1.82) is 0 Å². The lowest BCUT2D eigenvalue weighted by Crippen LogP contribution is -2.33. The lowest BCUT2D eigenvalue weighted by atomic mass is 10.1. The van der Waals surface area contributed by atoms with Gasteiger partial charge in [-0.15, -0.1) is 21.5 Å². The van der Waals surface area contributed by atoms with E-state index in [2.05, 4.69) is 44.8 Å². The summed E-state index contributed by atoms with van der Waals surface area (Å²) in [7, 11) is 0. The molecule has 1 aliphatic rings. The van der Waals surface area contributed by atoms with Gasteiger partial charge in [-0.1, -0.05) is 25.0 Å². The molecule has 3 heterocycles. The van der Waals surface area contributed by atoms with Crippen LogP contribution < -0.4 is 0 Å². The third kappa shape index (κ3) is 4.02. The van der Waals surface area contributed by atoms with Crippen molar-refractivity contribution < 1.29 is 4.42 Å². The summed E-state index contributed by atoms with van der Waals surface area (Å²) in [6.45, 7) is 3.69. The maximum absolute atomic E-state index is 5.54. The van der Waals surface area contributed by atoms with Gasteiger partial charge in [-0.25, -0.2) is 0 Å². The van der Waals surface area contributed by atoms with Crippen LogP contribution in [-0.4, -0.2) is 27.7 Å². The highest BCUT2D eigenvalue weighted by molar-refractivity contribution is 7.10. The Labute approximate surface area is 129 Å². The van der Waals surface area contributed by atoms with Crippen molar-refractivity contribution in [2.24, 2.45) is 0 Å². The average Bonchev–Trinajstić information content (AvgIpc) is 3.07. The number of hydrogen-bond acceptors (Lipinski definition) is 5. The maximum atomic E-state index is 5.54. The monoisotopic (exact) mass is 303 g/mol. The first-order chi connectivity index (χ1) is 10.3. The van der Waals surface area contributed by atoms with Crippen molar-refractivity contribution in [3.8, 4) is 0 Å². The molecule has 1 saturated heterocycles. The van der Waals surface area contributed by atoms with Gasteiger partial charge in [0, 0.05) is 17.8 Å². The molecule has 2 aromatic rings. The lowest BCUT2D eigenvalue weighted by Gasteiger charge is -2.26. The summed E-state index contributed by atoms with van der Waals surface area (Å²) in [6, 6.07) is 4.71. The van der Waals surface area contributed by atoms with Gasteiger partial charge in [0.15, 0.2) is 0 Å². The van der Waals surface area contributed by atoms with E-state index in [-0.39, 0.29) is 0 Å². The van der Waals surface area contributed by atoms with Crippen LogP contribution in [-0.2, 0) is 6.54 Å². The molecule has 1 fully saturated rings. The zero-order valence-electron chi connectivity index (χ0n) is 12.4. The van der Waals surface area contributed by atoms with E-state index in [1.54, 1.807) is 11.3 Å². The summed E-state index contributed by atoms with van der Waals surface area (Å²) in [4.78, 5) is 3.78. The molecule has 21 heavy (non-hydrogen) atoms. The fourth-order valence-corrected chi connectivity index (χ4v) is 3.40. The van der Waals surface area contributed by atoms with E-state index < -0.39 is 0 Å². The van der Waals surface area contributed by atoms with E-state index in [9.17, 15) is 0 Å². The number of likely N-dealkylation sites (tertiary alicyclic amines) is 1. The van der Waals surface area contributed by atoms with Gasteiger partial charge in [-0.05, 0) is 36.9 Å². The molecule has 1 unspecified atom stereocenters. The topological polar surface area (TPSA) is 42.2 Å². The SMILES string of the molecule is Cc1nnc(CN2CCCCCC2/C=C/c2cccs2)o1. The van der Waals surface area contributed by atoms with Crippen LogP contribution in [0.5, 0.6) is 0 Å². The van der Waals surface area contributed by atoms with Crippen LogP contribution in [0, 0.1) is 6.92 Å². The summed E-state index contributed by atoms with van der Waals surface area (Å²) in [6.07, 6.45) is 9.63. The Hall–Kier alpha value is -1.46. The predicted molar refractivity (Wildman–Crippen MR) is 85.1 cm³/mol. The van der Waals surface area contributed by atoms with Gasteiger partial charge in [-0.2, -0.15) is 0 Å². The van der Waals surface area contributed by atoms with Gasteiger partial charge in [0.1, 0.15) is 0 Å². The van der Waals surface area contributed by atoms with Gasteiger partial charge < -0.3 is 4.42 Å². The number of aromatic nitrogens is 2. The molecule has 0 radical (unpaired) electrons. The summed E-state index contributed by atoms with van der Waals surface area (Å²) >= 11 is 1.78. The first-order valence-corrected chi connectivity index (χ1v) is 8.44. The molecule has 3 rings (SSSR count). The van der Waals surface area contributed by atoms with Crippen molar-refractivity contribution in [2.45, 2.75) is 45.2 Å². The van der Waals surface area contributed by atoms with E-state index in [4.69, 9.17) is 4.42 Å². The number of hydrogen-bond donors (Lipinski definition) is 0. The highest BCUT2D eigenvalue weighted by Gasteiger charge is 2.20. The molecule has 4 nitrogen and oxygen atoms in total. The quantitative estimate of drug-likeness (QED) is 0.859. The van der Waals surface area contributed by atoms with E-state index >= 15 is 0 Å². The minimum atomic E-state index is 0.460. The normalized spacial score (nSPS) is 20.9. The second kappa shape index (κ2) is 7.00. The molecule has 1 aliphatic heterocycles. The minimum absolute atomic E-state index is 0.460. The van der Waals surface area contributed by atoms with Crippen molar-refractivity contribution in [2.75, 3.05) is 6.54 Å². The molecular weight excluding hydrogens is 282 g/mol. The first-order valence-electron chi connectivity index (χ1n) is 7.56. The Bertz CT molecular complexity index is 576. The molecule has 0 amide bonds. The standard InChI is InChI=1S/C16H21N3OS/c1-13-17-18-16(20-13)12-19-10-4-2-3-6-14(19)8-9-15-7-5-11-21-15/h5,7-9,11,14H,2-4,6,10,12H2,1H3/b9-8+. The smallest absolute Gasteiger partial charge is 0.230 e. The Morgan fingerprint density at radius 1 is 1.38 bits per heavy atom. The van der Waals surface area contributed by atoms with Crippen LogP contribution in [0.2, 0.25) is 0 Å². The zero-order valence-corrected chi connectivity index (χ0v) is 13.2. The Morgan fingerprint density at radius 2 is 2.33 bits per heavy atom. The van der Waals surface area contributed by atoms with Crippen LogP contribution in [0.25, 0.3) is 6.08 Å². The van der Waals surface area contributed by atoms with Crippen molar-refractivity contribution in [1.82, 2.24) is 15.1 Å². The fourth-order valence-electron chi connectivity index (χ4n) is 2.77. The van der Waals surface area contributed by atoms with E-state index in [0.717, 1.165) is 19.0 Å². The molecule has 0 aromatic carbocycles. The summed E-state index contributed by atoms with van der Waals surface area (Å²) < 4.78 is 5.54. The van der Waals surface area contributed by atoms with Gasteiger partial charge in [-0.3, -0.25) is 4.90 Å². The predicted octanol–water partition coefficient (Wildman–Crippen LogP) is 3.90. The number of rotatable bonds is 4. The first kappa shape index (κ1) is 14.5. The molecule has 0 aliphatic carbocycles. The van der Waals surface area contributed by atoms with Crippen molar-refractivity contribution in [3.63, 3.8) is 0 Å². The van der Waals surface area contributed by atoms with Gasteiger partial charge in [0.25, 0.3) is 0 Å². The number of nitrogens with zero attached hydrogens (tertiary/aromatic N) is 3. The van der Waals surface area contributed by atoms with E-state index in [1.165, 1.54) is 30.6 Å². The van der Waals surface area contributed by atoms with Gasteiger partial charge in [0.2, 0.25) is 11.8 Å². The third-order valence-corrected chi connectivity index (χ3v) is 4.68. The molecule has 112 valence electrons. The van der Waals surface area contributed by atoms with Gasteiger partial charge >= 0.3 is 0 Å². The van der Waals surface area contributed by atoms with Crippen LogP contribution in [0.1, 0.15) is 42.3 Å². The zero-order chi connectivity index (χ0) is 14.5. The second-order valence-electron chi connectivity index (χ2n) is 5.48. The summed E-state index contributed by atoms with van der Waals surface area (Å²) in [5.41, 5.74) is 0. The fraction of sp³-hybridized carbons (Fsp3) is 0.500.